The molecule has 0 aromatic heterocycles. The third-order valence-electron chi connectivity index (χ3n) is 3.96. The van der Waals surface area contributed by atoms with Crippen LogP contribution in [0, 0.1) is 11.7 Å². The third-order valence-corrected chi connectivity index (χ3v) is 3.96. The van der Waals surface area contributed by atoms with Crippen LogP contribution in [0.3, 0.4) is 0 Å². The summed E-state index contributed by atoms with van der Waals surface area (Å²) >= 11 is 0. The molecule has 1 saturated heterocycles. The molecular weight excluding hydrogens is 239 g/mol. The van der Waals surface area contributed by atoms with Crippen LogP contribution in [0.5, 0.6) is 0 Å². The Balaban J connectivity index is 2.16. The summed E-state index contributed by atoms with van der Waals surface area (Å²) in [7, 11) is 0. The second-order valence-electron chi connectivity index (χ2n) is 6.57. The van der Waals surface area contributed by atoms with Gasteiger partial charge in [0.1, 0.15) is 5.82 Å². The summed E-state index contributed by atoms with van der Waals surface area (Å²) in [6, 6.07) is 7.57. The predicted octanol–water partition coefficient (Wildman–Crippen LogP) is 3.03. The van der Waals surface area contributed by atoms with Crippen molar-refractivity contribution in [2.24, 2.45) is 5.92 Å². The van der Waals surface area contributed by atoms with Gasteiger partial charge in [-0.2, -0.15) is 0 Å². The summed E-state index contributed by atoms with van der Waals surface area (Å²) in [4.78, 5) is 2.42. The normalized spacial score (nSPS) is 23.8. The molecule has 106 valence electrons. The van der Waals surface area contributed by atoms with Crippen LogP contribution in [0.15, 0.2) is 24.3 Å². The summed E-state index contributed by atoms with van der Waals surface area (Å²) in [5.41, 5.74) is 0.891. The molecule has 1 aromatic rings. The van der Waals surface area contributed by atoms with Gasteiger partial charge in [0.15, 0.2) is 0 Å². The molecule has 1 atom stereocenters. The molecule has 2 rings (SSSR count). The van der Waals surface area contributed by atoms with Gasteiger partial charge in [0.2, 0.25) is 0 Å². The van der Waals surface area contributed by atoms with Crippen molar-refractivity contribution in [1.29, 1.82) is 0 Å². The number of benzene rings is 1. The highest BCUT2D eigenvalue weighted by atomic mass is 19.1. The SMILES string of the molecule is CC(C)C1CNC(C)(C)CN1Cc1ccccc1F. The summed E-state index contributed by atoms with van der Waals surface area (Å²) in [6.45, 7) is 11.5. The van der Waals surface area contributed by atoms with E-state index in [1.165, 1.54) is 0 Å². The van der Waals surface area contributed by atoms with E-state index in [9.17, 15) is 4.39 Å². The molecule has 1 aliphatic heterocycles. The lowest BCUT2D eigenvalue weighted by atomic mass is 9.92. The van der Waals surface area contributed by atoms with Crippen molar-refractivity contribution in [1.82, 2.24) is 10.2 Å². The Kier molecular flexibility index (Phi) is 4.26. The molecule has 1 unspecified atom stereocenters. The fraction of sp³-hybridized carbons (Fsp3) is 0.625. The van der Waals surface area contributed by atoms with Crippen LogP contribution in [0.2, 0.25) is 0 Å². The van der Waals surface area contributed by atoms with Gasteiger partial charge in [0.25, 0.3) is 0 Å². The first kappa shape index (κ1) is 14.5. The first-order chi connectivity index (χ1) is 8.89. The number of hydrogen-bond acceptors (Lipinski definition) is 2. The minimum atomic E-state index is -0.0960. The van der Waals surface area contributed by atoms with Crippen molar-refractivity contribution in [3.63, 3.8) is 0 Å². The Hall–Kier alpha value is -0.930. The highest BCUT2D eigenvalue weighted by Crippen LogP contribution is 2.23. The van der Waals surface area contributed by atoms with Crippen LogP contribution >= 0.6 is 0 Å². The van der Waals surface area contributed by atoms with E-state index < -0.39 is 0 Å². The van der Waals surface area contributed by atoms with E-state index in [1.54, 1.807) is 12.1 Å². The first-order valence-electron chi connectivity index (χ1n) is 7.11. The molecule has 1 aromatic carbocycles. The second-order valence-corrected chi connectivity index (χ2v) is 6.57. The molecule has 0 radical (unpaired) electrons. The Morgan fingerprint density at radius 3 is 2.68 bits per heavy atom. The van der Waals surface area contributed by atoms with Crippen molar-refractivity contribution >= 4 is 0 Å². The Morgan fingerprint density at radius 2 is 2.05 bits per heavy atom. The Morgan fingerprint density at radius 1 is 1.37 bits per heavy atom. The summed E-state index contributed by atoms with van der Waals surface area (Å²) in [5.74, 6) is 0.469. The third kappa shape index (κ3) is 3.54. The van der Waals surface area contributed by atoms with E-state index in [1.807, 2.05) is 12.1 Å². The van der Waals surface area contributed by atoms with Crippen LogP contribution in [0.1, 0.15) is 33.3 Å². The maximum atomic E-state index is 13.8. The molecule has 0 aliphatic carbocycles. The van der Waals surface area contributed by atoms with E-state index in [2.05, 4.69) is 37.9 Å². The van der Waals surface area contributed by atoms with Crippen molar-refractivity contribution in [3.8, 4) is 0 Å². The van der Waals surface area contributed by atoms with Gasteiger partial charge in [-0.3, -0.25) is 4.90 Å². The fourth-order valence-corrected chi connectivity index (χ4v) is 2.87. The van der Waals surface area contributed by atoms with Crippen LogP contribution in [0.4, 0.5) is 4.39 Å². The zero-order chi connectivity index (χ0) is 14.0. The maximum Gasteiger partial charge on any atom is 0.127 e. The van der Waals surface area contributed by atoms with Crippen LogP contribution in [0.25, 0.3) is 0 Å². The highest BCUT2D eigenvalue weighted by Gasteiger charge is 2.34. The number of hydrogen-bond donors (Lipinski definition) is 1. The molecule has 19 heavy (non-hydrogen) atoms. The maximum absolute atomic E-state index is 13.8. The van der Waals surface area contributed by atoms with E-state index in [0.29, 0.717) is 18.5 Å². The standard InChI is InChI=1S/C16H25FN2/c1-12(2)15-9-18-16(3,4)11-19(15)10-13-7-5-6-8-14(13)17/h5-8,12,15,18H,9-11H2,1-4H3. The number of piperazine rings is 1. The Labute approximate surface area is 116 Å². The van der Waals surface area contributed by atoms with E-state index >= 15 is 0 Å². The molecule has 1 N–H and O–H groups in total. The van der Waals surface area contributed by atoms with Crippen molar-refractivity contribution in [2.45, 2.75) is 45.8 Å². The van der Waals surface area contributed by atoms with E-state index in [-0.39, 0.29) is 11.4 Å². The topological polar surface area (TPSA) is 15.3 Å². The quantitative estimate of drug-likeness (QED) is 0.902. The molecule has 3 heteroatoms. The van der Waals surface area contributed by atoms with Crippen molar-refractivity contribution in [2.75, 3.05) is 13.1 Å². The molecule has 1 fully saturated rings. The minimum Gasteiger partial charge on any atom is -0.309 e. The van der Waals surface area contributed by atoms with Gasteiger partial charge >= 0.3 is 0 Å². The fourth-order valence-electron chi connectivity index (χ4n) is 2.87. The van der Waals surface area contributed by atoms with Crippen LogP contribution in [-0.4, -0.2) is 29.6 Å². The van der Waals surface area contributed by atoms with Gasteiger partial charge in [-0.15, -0.1) is 0 Å². The van der Waals surface area contributed by atoms with Crippen molar-refractivity contribution < 1.29 is 4.39 Å². The summed E-state index contributed by atoms with van der Waals surface area (Å²) in [5, 5.41) is 3.58. The average molecular weight is 264 g/mol. The lowest BCUT2D eigenvalue weighted by molar-refractivity contribution is 0.0618. The lowest BCUT2D eigenvalue weighted by Crippen LogP contribution is -2.62. The Bertz CT molecular complexity index is 429. The molecule has 0 bridgehead atoms. The molecule has 1 heterocycles. The summed E-state index contributed by atoms with van der Waals surface area (Å²) < 4.78 is 13.8. The zero-order valence-electron chi connectivity index (χ0n) is 12.4. The highest BCUT2D eigenvalue weighted by molar-refractivity contribution is 5.17. The second kappa shape index (κ2) is 5.59. The monoisotopic (exact) mass is 264 g/mol. The molecule has 0 amide bonds. The molecule has 1 aliphatic rings. The number of nitrogens with one attached hydrogen (secondary N) is 1. The van der Waals surface area contributed by atoms with Gasteiger partial charge in [-0.05, 0) is 25.8 Å². The smallest absolute Gasteiger partial charge is 0.127 e. The largest absolute Gasteiger partial charge is 0.309 e. The number of halogens is 1. The van der Waals surface area contributed by atoms with E-state index in [4.69, 9.17) is 0 Å². The van der Waals surface area contributed by atoms with Gasteiger partial charge < -0.3 is 5.32 Å². The van der Waals surface area contributed by atoms with Gasteiger partial charge in [-0.25, -0.2) is 4.39 Å². The zero-order valence-corrected chi connectivity index (χ0v) is 12.4. The van der Waals surface area contributed by atoms with Crippen LogP contribution < -0.4 is 5.32 Å². The average Bonchev–Trinajstić information content (AvgIpc) is 2.30. The number of rotatable bonds is 3. The van der Waals surface area contributed by atoms with Crippen molar-refractivity contribution in [3.05, 3.63) is 35.6 Å². The minimum absolute atomic E-state index is 0.0939. The first-order valence-corrected chi connectivity index (χ1v) is 7.11. The molecule has 2 nitrogen and oxygen atoms in total. The van der Waals surface area contributed by atoms with Crippen LogP contribution in [-0.2, 0) is 6.54 Å². The van der Waals surface area contributed by atoms with Gasteiger partial charge in [0.05, 0.1) is 0 Å². The number of nitrogens with zero attached hydrogens (tertiary/aromatic N) is 1. The van der Waals surface area contributed by atoms with Gasteiger partial charge in [0, 0.05) is 36.8 Å². The molecular formula is C16H25FN2. The predicted molar refractivity (Wildman–Crippen MR) is 77.5 cm³/mol. The molecule has 0 saturated carbocycles. The van der Waals surface area contributed by atoms with Gasteiger partial charge in [-0.1, -0.05) is 32.0 Å². The van der Waals surface area contributed by atoms with E-state index in [0.717, 1.165) is 18.7 Å². The summed E-state index contributed by atoms with van der Waals surface area (Å²) in [6.07, 6.45) is 0. The lowest BCUT2D eigenvalue weighted by Gasteiger charge is -2.46. The molecule has 0 spiro atoms.